The first-order chi connectivity index (χ1) is 13.6. The molecule has 0 amide bonds. The van der Waals surface area contributed by atoms with Gasteiger partial charge in [0.2, 0.25) is 0 Å². The van der Waals surface area contributed by atoms with Crippen LogP contribution in [0.1, 0.15) is 23.2 Å². The van der Waals surface area contributed by atoms with Crippen LogP contribution in [0.2, 0.25) is 0 Å². The van der Waals surface area contributed by atoms with E-state index in [0.29, 0.717) is 28.1 Å². The van der Waals surface area contributed by atoms with Crippen molar-refractivity contribution in [3.63, 3.8) is 0 Å². The van der Waals surface area contributed by atoms with Crippen molar-refractivity contribution in [2.75, 3.05) is 13.2 Å². The Morgan fingerprint density at radius 3 is 2.54 bits per heavy atom. The third-order valence-corrected chi connectivity index (χ3v) is 5.96. The predicted octanol–water partition coefficient (Wildman–Crippen LogP) is 6.14. The van der Waals surface area contributed by atoms with Gasteiger partial charge < -0.3 is 14.2 Å². The van der Waals surface area contributed by atoms with Gasteiger partial charge in [-0.25, -0.2) is 4.79 Å². The minimum Gasteiger partial charge on any atom is -0.490 e. The number of halogens is 2. The molecule has 1 unspecified atom stereocenters. The van der Waals surface area contributed by atoms with Crippen molar-refractivity contribution < 1.29 is 19.0 Å². The molecule has 6 heteroatoms. The Bertz CT molecular complexity index is 1010. The molecule has 144 valence electrons. The normalized spacial score (nSPS) is 16.3. The van der Waals surface area contributed by atoms with Crippen molar-refractivity contribution >= 4 is 48.6 Å². The molecule has 3 aromatic carbocycles. The van der Waals surface area contributed by atoms with Crippen LogP contribution >= 0.6 is 31.9 Å². The molecule has 28 heavy (non-hydrogen) atoms. The van der Waals surface area contributed by atoms with Crippen molar-refractivity contribution in [1.82, 2.24) is 0 Å². The van der Waals surface area contributed by atoms with Gasteiger partial charge in [-0.05, 0) is 64.5 Å². The molecule has 4 nitrogen and oxygen atoms in total. The van der Waals surface area contributed by atoms with Gasteiger partial charge in [-0.2, -0.15) is 0 Å². The molecular formula is C22H18Br2O4. The first kappa shape index (κ1) is 19.4. The maximum Gasteiger partial charge on any atom is 0.343 e. The number of carbonyl (C=O) groups excluding carboxylic acids is 1. The van der Waals surface area contributed by atoms with Crippen molar-refractivity contribution in [3.05, 3.63) is 69.1 Å². The molecule has 0 aliphatic carbocycles. The second-order valence-corrected chi connectivity index (χ2v) is 8.28. The van der Waals surface area contributed by atoms with E-state index in [2.05, 4.69) is 31.9 Å². The second-order valence-electron chi connectivity index (χ2n) is 6.57. The number of esters is 1. The fraction of sp³-hybridized carbons (Fsp3) is 0.227. The standard InChI is InChI=1S/C22H18Br2O4/c23-18-8-10-20(17-6-2-1-5-16(17)18)28-22(25)14-7-9-21(19(24)12-14)27-13-15-4-3-11-26-15/h1-2,5-10,12,15H,3-4,11,13H2. The average Bonchev–Trinajstić information content (AvgIpc) is 3.23. The number of carbonyl (C=O) groups is 1. The molecule has 4 rings (SSSR count). The van der Waals surface area contributed by atoms with Crippen LogP contribution in [-0.2, 0) is 4.74 Å². The van der Waals surface area contributed by atoms with Gasteiger partial charge in [-0.1, -0.05) is 40.2 Å². The number of benzene rings is 3. The lowest BCUT2D eigenvalue weighted by atomic mass is 10.1. The van der Waals surface area contributed by atoms with Gasteiger partial charge in [0.25, 0.3) is 0 Å². The Balaban J connectivity index is 1.49. The number of hydrogen-bond donors (Lipinski definition) is 0. The van der Waals surface area contributed by atoms with Gasteiger partial charge in [-0.3, -0.25) is 0 Å². The van der Waals surface area contributed by atoms with Crippen LogP contribution in [0.25, 0.3) is 10.8 Å². The maximum atomic E-state index is 12.7. The summed E-state index contributed by atoms with van der Waals surface area (Å²) >= 11 is 7.01. The molecule has 3 aromatic rings. The summed E-state index contributed by atoms with van der Waals surface area (Å²) in [5, 5.41) is 1.87. The highest BCUT2D eigenvalue weighted by molar-refractivity contribution is 9.11. The van der Waals surface area contributed by atoms with Gasteiger partial charge in [0.15, 0.2) is 0 Å². The Labute approximate surface area is 180 Å². The summed E-state index contributed by atoms with van der Waals surface area (Å²) in [5.41, 5.74) is 0.448. The van der Waals surface area contributed by atoms with Gasteiger partial charge in [0.1, 0.15) is 18.1 Å². The average molecular weight is 506 g/mol. The lowest BCUT2D eigenvalue weighted by molar-refractivity contribution is 0.0675. The quantitative estimate of drug-likeness (QED) is 0.308. The monoisotopic (exact) mass is 504 g/mol. The predicted molar refractivity (Wildman–Crippen MR) is 115 cm³/mol. The molecule has 0 aromatic heterocycles. The fourth-order valence-electron chi connectivity index (χ4n) is 3.19. The largest absolute Gasteiger partial charge is 0.490 e. The Hall–Kier alpha value is -1.89. The molecule has 0 N–H and O–H groups in total. The van der Waals surface area contributed by atoms with E-state index < -0.39 is 5.97 Å². The zero-order chi connectivity index (χ0) is 19.5. The Morgan fingerprint density at radius 2 is 1.79 bits per heavy atom. The fourth-order valence-corrected chi connectivity index (χ4v) is 4.16. The van der Waals surface area contributed by atoms with E-state index in [-0.39, 0.29) is 6.10 Å². The summed E-state index contributed by atoms with van der Waals surface area (Å²) in [4.78, 5) is 12.7. The van der Waals surface area contributed by atoms with Crippen LogP contribution < -0.4 is 9.47 Å². The summed E-state index contributed by atoms with van der Waals surface area (Å²) in [7, 11) is 0. The maximum absolute atomic E-state index is 12.7. The van der Waals surface area contributed by atoms with Gasteiger partial charge in [-0.15, -0.1) is 0 Å². The number of rotatable bonds is 5. The van der Waals surface area contributed by atoms with Gasteiger partial charge in [0, 0.05) is 16.5 Å². The molecular weight excluding hydrogens is 488 g/mol. The molecule has 1 saturated heterocycles. The van der Waals surface area contributed by atoms with E-state index in [9.17, 15) is 4.79 Å². The minimum atomic E-state index is -0.418. The molecule has 1 atom stereocenters. The van der Waals surface area contributed by atoms with Crippen LogP contribution in [0.5, 0.6) is 11.5 Å². The number of ether oxygens (including phenoxy) is 3. The topological polar surface area (TPSA) is 44.8 Å². The van der Waals surface area contributed by atoms with Crippen LogP contribution in [-0.4, -0.2) is 25.3 Å². The molecule has 1 heterocycles. The molecule has 1 fully saturated rings. The smallest absolute Gasteiger partial charge is 0.343 e. The zero-order valence-corrected chi connectivity index (χ0v) is 18.2. The highest BCUT2D eigenvalue weighted by Crippen LogP contribution is 2.33. The molecule has 1 aliphatic rings. The first-order valence-electron chi connectivity index (χ1n) is 9.05. The van der Waals surface area contributed by atoms with Crippen molar-refractivity contribution in [3.8, 4) is 11.5 Å². The lowest BCUT2D eigenvalue weighted by Gasteiger charge is -2.13. The van der Waals surface area contributed by atoms with Crippen LogP contribution in [0.4, 0.5) is 0 Å². The van der Waals surface area contributed by atoms with Crippen molar-refractivity contribution in [1.29, 1.82) is 0 Å². The molecule has 0 bridgehead atoms. The highest BCUT2D eigenvalue weighted by atomic mass is 79.9. The summed E-state index contributed by atoms with van der Waals surface area (Å²) in [5.74, 6) is 0.790. The third-order valence-electron chi connectivity index (χ3n) is 4.65. The third kappa shape index (κ3) is 4.24. The SMILES string of the molecule is O=C(Oc1ccc(Br)c2ccccc12)c1ccc(OCC2CCCO2)c(Br)c1. The van der Waals surface area contributed by atoms with E-state index >= 15 is 0 Å². The number of fused-ring (bicyclic) bond motifs is 1. The molecule has 0 spiro atoms. The van der Waals surface area contributed by atoms with E-state index in [1.807, 2.05) is 30.3 Å². The Morgan fingerprint density at radius 1 is 1.00 bits per heavy atom. The van der Waals surface area contributed by atoms with Gasteiger partial charge in [0.05, 0.1) is 16.1 Å². The lowest BCUT2D eigenvalue weighted by Crippen LogP contribution is -2.16. The van der Waals surface area contributed by atoms with E-state index in [0.717, 1.165) is 34.7 Å². The van der Waals surface area contributed by atoms with E-state index in [4.69, 9.17) is 14.2 Å². The zero-order valence-electron chi connectivity index (χ0n) is 15.0. The van der Waals surface area contributed by atoms with Crippen LogP contribution in [0.3, 0.4) is 0 Å². The minimum absolute atomic E-state index is 0.141. The second kappa shape index (κ2) is 8.64. The molecule has 1 aliphatic heterocycles. The van der Waals surface area contributed by atoms with Crippen LogP contribution in [0, 0.1) is 0 Å². The molecule has 0 radical (unpaired) electrons. The molecule has 0 saturated carbocycles. The van der Waals surface area contributed by atoms with Gasteiger partial charge >= 0.3 is 5.97 Å². The van der Waals surface area contributed by atoms with E-state index in [1.54, 1.807) is 24.3 Å². The highest BCUT2D eigenvalue weighted by Gasteiger charge is 2.18. The Kier molecular flexibility index (Phi) is 5.99. The van der Waals surface area contributed by atoms with E-state index in [1.165, 1.54) is 0 Å². The summed E-state index contributed by atoms with van der Waals surface area (Å²) in [6, 6.07) is 16.6. The summed E-state index contributed by atoms with van der Waals surface area (Å²) in [6.07, 6.45) is 2.23. The summed E-state index contributed by atoms with van der Waals surface area (Å²) in [6.45, 7) is 1.30. The summed E-state index contributed by atoms with van der Waals surface area (Å²) < 4.78 is 18.7. The number of hydrogen-bond acceptors (Lipinski definition) is 4. The van der Waals surface area contributed by atoms with Crippen molar-refractivity contribution in [2.45, 2.75) is 18.9 Å². The van der Waals surface area contributed by atoms with Crippen molar-refractivity contribution in [2.24, 2.45) is 0 Å². The van der Waals surface area contributed by atoms with Crippen LogP contribution in [0.15, 0.2) is 63.5 Å². The first-order valence-corrected chi connectivity index (χ1v) is 10.6.